The van der Waals surface area contributed by atoms with Gasteiger partial charge >= 0.3 is 0 Å². The van der Waals surface area contributed by atoms with Gasteiger partial charge in [-0.1, -0.05) is 19.9 Å². The van der Waals surface area contributed by atoms with Crippen LogP contribution in [0.25, 0.3) is 0 Å². The second kappa shape index (κ2) is 6.19. The lowest BCUT2D eigenvalue weighted by molar-refractivity contribution is 0.230. The molecule has 0 radical (unpaired) electrons. The van der Waals surface area contributed by atoms with Crippen LogP contribution in [0.2, 0.25) is 0 Å². The van der Waals surface area contributed by atoms with Crippen LogP contribution in [0.5, 0.6) is 0 Å². The van der Waals surface area contributed by atoms with Crippen molar-refractivity contribution < 1.29 is 0 Å². The van der Waals surface area contributed by atoms with Gasteiger partial charge in [0.25, 0.3) is 0 Å². The molecule has 2 aliphatic rings. The molecule has 0 aliphatic carbocycles. The van der Waals surface area contributed by atoms with Gasteiger partial charge < -0.3 is 4.90 Å². The summed E-state index contributed by atoms with van der Waals surface area (Å²) in [4.78, 5) is 9.59. The van der Waals surface area contributed by atoms with E-state index >= 15 is 0 Å². The maximum Gasteiger partial charge on any atom is 0.128 e. The van der Waals surface area contributed by atoms with Gasteiger partial charge in [0.1, 0.15) is 5.82 Å². The summed E-state index contributed by atoms with van der Waals surface area (Å²) < 4.78 is 0. The highest BCUT2D eigenvalue weighted by Crippen LogP contribution is 2.24. The molecule has 0 aromatic carbocycles. The highest BCUT2D eigenvalue weighted by Gasteiger charge is 2.30. The third kappa shape index (κ3) is 2.83. The second-order valence-electron chi connectivity index (χ2n) is 4.97. The summed E-state index contributed by atoms with van der Waals surface area (Å²) in [5, 5.41) is 0. The Bertz CT molecular complexity index is 361. The van der Waals surface area contributed by atoms with Crippen LogP contribution < -0.4 is 4.90 Å². The molecular weight excluding hydrogens is 222 g/mol. The number of nitrogens with zero attached hydrogens (tertiary/aromatic N) is 3. The molecule has 1 aromatic heterocycles. The van der Waals surface area contributed by atoms with Gasteiger partial charge in [-0.2, -0.15) is 0 Å². The van der Waals surface area contributed by atoms with Crippen LogP contribution >= 0.6 is 0 Å². The zero-order valence-electron chi connectivity index (χ0n) is 11.9. The average Bonchev–Trinajstić information content (AvgIpc) is 2.89. The van der Waals surface area contributed by atoms with Crippen LogP contribution in [0.1, 0.15) is 32.3 Å². The highest BCUT2D eigenvalue weighted by atomic mass is 15.3. The molecule has 0 saturated carbocycles. The van der Waals surface area contributed by atoms with E-state index in [2.05, 4.69) is 33.8 Å². The molecule has 2 aliphatic heterocycles. The first kappa shape index (κ1) is 13.3. The third-order valence-electron chi connectivity index (χ3n) is 3.81. The molecule has 3 heteroatoms. The fraction of sp³-hybridized carbons (Fsp3) is 0.667. The zero-order valence-corrected chi connectivity index (χ0v) is 11.9. The standard InChI is InChI=1S/C13H19N3.C2H6/c1-11-4-5-13(14-9-11)16-8-7-15-6-2-3-12(15)10-16;1-2/h4-5,9,12H,2-3,6-8,10H2,1H3;1-2H3/t12-;/m0./s1. The van der Waals surface area contributed by atoms with E-state index in [1.165, 1.54) is 31.5 Å². The van der Waals surface area contributed by atoms with Crippen molar-refractivity contribution in [1.82, 2.24) is 9.88 Å². The number of aryl methyl sites for hydroxylation is 1. The largest absolute Gasteiger partial charge is 0.354 e. The fourth-order valence-electron chi connectivity index (χ4n) is 2.85. The molecule has 2 saturated heterocycles. The third-order valence-corrected chi connectivity index (χ3v) is 3.81. The molecule has 0 amide bonds. The SMILES string of the molecule is CC.Cc1ccc(N2CCN3CCC[C@H]3C2)nc1. The van der Waals surface area contributed by atoms with E-state index in [0.717, 1.165) is 24.9 Å². The number of aromatic nitrogens is 1. The molecule has 100 valence electrons. The number of anilines is 1. The minimum atomic E-state index is 0.775. The number of pyridine rings is 1. The lowest BCUT2D eigenvalue weighted by atomic mass is 10.1. The average molecular weight is 247 g/mol. The quantitative estimate of drug-likeness (QED) is 0.760. The lowest BCUT2D eigenvalue weighted by Crippen LogP contribution is -2.50. The van der Waals surface area contributed by atoms with Gasteiger partial charge in [0, 0.05) is 31.9 Å². The minimum absolute atomic E-state index is 0.775. The van der Waals surface area contributed by atoms with Gasteiger partial charge in [-0.3, -0.25) is 4.90 Å². The van der Waals surface area contributed by atoms with Crippen molar-refractivity contribution in [2.24, 2.45) is 0 Å². The second-order valence-corrected chi connectivity index (χ2v) is 4.97. The number of piperazine rings is 1. The van der Waals surface area contributed by atoms with Crippen molar-refractivity contribution in [3.8, 4) is 0 Å². The van der Waals surface area contributed by atoms with Crippen LogP contribution in [0.15, 0.2) is 18.3 Å². The van der Waals surface area contributed by atoms with Crippen LogP contribution in [-0.2, 0) is 0 Å². The highest BCUT2D eigenvalue weighted by molar-refractivity contribution is 5.40. The van der Waals surface area contributed by atoms with E-state index in [4.69, 9.17) is 0 Å². The molecule has 1 aromatic rings. The van der Waals surface area contributed by atoms with Crippen molar-refractivity contribution in [1.29, 1.82) is 0 Å². The molecule has 0 unspecified atom stereocenters. The zero-order chi connectivity index (χ0) is 13.0. The first-order chi connectivity index (χ1) is 8.83. The van der Waals surface area contributed by atoms with Crippen molar-refractivity contribution in [2.75, 3.05) is 31.1 Å². The summed E-state index contributed by atoms with van der Waals surface area (Å²) in [5.41, 5.74) is 1.24. The normalized spacial score (nSPS) is 23.3. The molecule has 1 atom stereocenters. The first-order valence-corrected chi connectivity index (χ1v) is 7.24. The van der Waals surface area contributed by atoms with Crippen molar-refractivity contribution in [3.63, 3.8) is 0 Å². The molecule has 0 N–H and O–H groups in total. The summed E-state index contributed by atoms with van der Waals surface area (Å²) in [5.74, 6) is 1.15. The Hall–Kier alpha value is -1.09. The Morgan fingerprint density at radius 3 is 2.72 bits per heavy atom. The summed E-state index contributed by atoms with van der Waals surface area (Å²) in [6.45, 7) is 10.9. The Kier molecular flexibility index (Phi) is 4.59. The Balaban J connectivity index is 0.000000574. The number of rotatable bonds is 1. The van der Waals surface area contributed by atoms with E-state index in [0.29, 0.717) is 0 Å². The number of hydrogen-bond donors (Lipinski definition) is 0. The predicted octanol–water partition coefficient (Wildman–Crippen LogP) is 2.70. The van der Waals surface area contributed by atoms with Gasteiger partial charge in [-0.15, -0.1) is 0 Å². The number of fused-ring (bicyclic) bond motifs is 1. The monoisotopic (exact) mass is 247 g/mol. The van der Waals surface area contributed by atoms with Crippen LogP contribution in [0.4, 0.5) is 5.82 Å². The Labute approximate surface area is 111 Å². The molecule has 3 rings (SSSR count). The van der Waals surface area contributed by atoms with E-state index in [-0.39, 0.29) is 0 Å². The van der Waals surface area contributed by atoms with E-state index in [1.807, 2.05) is 20.0 Å². The minimum Gasteiger partial charge on any atom is -0.354 e. The van der Waals surface area contributed by atoms with Crippen molar-refractivity contribution in [3.05, 3.63) is 23.9 Å². The fourth-order valence-corrected chi connectivity index (χ4v) is 2.85. The van der Waals surface area contributed by atoms with Gasteiger partial charge in [-0.05, 0) is 37.9 Å². The van der Waals surface area contributed by atoms with Crippen LogP contribution in [0.3, 0.4) is 0 Å². The maximum absolute atomic E-state index is 4.52. The summed E-state index contributed by atoms with van der Waals surface area (Å²) in [6, 6.07) is 5.08. The predicted molar refractivity (Wildman–Crippen MR) is 77.1 cm³/mol. The van der Waals surface area contributed by atoms with E-state index in [1.54, 1.807) is 0 Å². The Morgan fingerprint density at radius 2 is 2.00 bits per heavy atom. The van der Waals surface area contributed by atoms with Gasteiger partial charge in [0.15, 0.2) is 0 Å². The lowest BCUT2D eigenvalue weighted by Gasteiger charge is -2.38. The van der Waals surface area contributed by atoms with E-state index in [9.17, 15) is 0 Å². The topological polar surface area (TPSA) is 19.4 Å². The molecule has 3 heterocycles. The molecule has 3 nitrogen and oxygen atoms in total. The van der Waals surface area contributed by atoms with Crippen LogP contribution in [0, 0.1) is 6.92 Å². The molecule has 2 fully saturated rings. The Morgan fingerprint density at radius 1 is 1.17 bits per heavy atom. The smallest absolute Gasteiger partial charge is 0.128 e. The maximum atomic E-state index is 4.52. The molecule has 18 heavy (non-hydrogen) atoms. The van der Waals surface area contributed by atoms with E-state index < -0.39 is 0 Å². The van der Waals surface area contributed by atoms with Crippen molar-refractivity contribution >= 4 is 5.82 Å². The molecule has 0 spiro atoms. The van der Waals surface area contributed by atoms with Crippen molar-refractivity contribution in [2.45, 2.75) is 39.7 Å². The molecular formula is C15H25N3. The number of hydrogen-bond acceptors (Lipinski definition) is 3. The van der Waals surface area contributed by atoms with Gasteiger partial charge in [0.05, 0.1) is 0 Å². The summed E-state index contributed by atoms with van der Waals surface area (Å²) in [6.07, 6.45) is 4.71. The first-order valence-electron chi connectivity index (χ1n) is 7.24. The summed E-state index contributed by atoms with van der Waals surface area (Å²) in [7, 11) is 0. The van der Waals surface area contributed by atoms with Gasteiger partial charge in [0.2, 0.25) is 0 Å². The van der Waals surface area contributed by atoms with Gasteiger partial charge in [-0.25, -0.2) is 4.98 Å². The molecule has 0 bridgehead atoms. The summed E-state index contributed by atoms with van der Waals surface area (Å²) >= 11 is 0. The van der Waals surface area contributed by atoms with Crippen LogP contribution in [-0.4, -0.2) is 42.1 Å².